The third-order valence-corrected chi connectivity index (χ3v) is 5.50. The van der Waals surface area contributed by atoms with Gasteiger partial charge in [0.1, 0.15) is 5.00 Å². The topological polar surface area (TPSA) is 73.2 Å². The largest absolute Gasteiger partial charge is 0.462 e. The lowest BCUT2D eigenvalue weighted by Crippen LogP contribution is -2.15. The van der Waals surface area contributed by atoms with Crippen molar-refractivity contribution in [3.8, 4) is 0 Å². The molecule has 136 valence electrons. The summed E-state index contributed by atoms with van der Waals surface area (Å²) in [5.74, 6) is -0.506. The number of anilines is 1. The first-order chi connectivity index (χ1) is 11.8. The molecule has 0 fully saturated rings. The van der Waals surface area contributed by atoms with Gasteiger partial charge in [0.25, 0.3) is 0 Å². The molecular weight excluding hydrogens is 338 g/mol. The number of hydrogen-bond donors (Lipinski definition) is 1. The van der Waals surface area contributed by atoms with E-state index in [-0.39, 0.29) is 5.91 Å². The highest BCUT2D eigenvalue weighted by Gasteiger charge is 2.22. The number of ether oxygens (including phenoxy) is 1. The van der Waals surface area contributed by atoms with Crippen LogP contribution < -0.4 is 5.32 Å². The van der Waals surface area contributed by atoms with Crippen molar-refractivity contribution in [3.05, 3.63) is 33.0 Å². The maximum atomic E-state index is 12.4. The summed E-state index contributed by atoms with van der Waals surface area (Å²) in [4.78, 5) is 25.6. The summed E-state index contributed by atoms with van der Waals surface area (Å²) in [6.45, 7) is 9.82. The average Bonchev–Trinajstić information content (AvgIpc) is 2.94. The SMILES string of the molecule is CCOC(=O)c1c(NC(=O)CCc2c(C)nn(C)c2C)sc(C)c1C. The zero-order chi connectivity index (χ0) is 18.7. The number of hydrogen-bond acceptors (Lipinski definition) is 5. The van der Waals surface area contributed by atoms with Crippen LogP contribution in [0, 0.1) is 27.7 Å². The number of rotatable bonds is 6. The predicted octanol–water partition coefficient (Wildman–Crippen LogP) is 3.46. The fraction of sp³-hybridized carbons (Fsp3) is 0.500. The van der Waals surface area contributed by atoms with Crippen LogP contribution in [0.15, 0.2) is 0 Å². The first kappa shape index (κ1) is 19.2. The van der Waals surface area contributed by atoms with Gasteiger partial charge in [-0.1, -0.05) is 0 Å². The maximum absolute atomic E-state index is 12.4. The van der Waals surface area contributed by atoms with E-state index in [1.807, 2.05) is 39.4 Å². The molecule has 0 aliphatic rings. The lowest BCUT2D eigenvalue weighted by molar-refractivity contribution is -0.116. The van der Waals surface area contributed by atoms with Crippen molar-refractivity contribution in [2.45, 2.75) is 47.5 Å². The van der Waals surface area contributed by atoms with Crippen LogP contribution in [-0.4, -0.2) is 28.3 Å². The molecule has 0 aromatic carbocycles. The van der Waals surface area contributed by atoms with Crippen LogP contribution in [0.5, 0.6) is 0 Å². The molecule has 0 radical (unpaired) electrons. The molecule has 0 spiro atoms. The minimum atomic E-state index is -0.390. The Morgan fingerprint density at radius 3 is 2.48 bits per heavy atom. The third-order valence-electron chi connectivity index (χ3n) is 4.38. The van der Waals surface area contributed by atoms with Crippen LogP contribution in [0.2, 0.25) is 0 Å². The zero-order valence-electron chi connectivity index (χ0n) is 15.6. The second-order valence-electron chi connectivity index (χ2n) is 6.03. The van der Waals surface area contributed by atoms with Gasteiger partial charge in [0.2, 0.25) is 5.91 Å². The molecule has 0 aliphatic carbocycles. The Kier molecular flexibility index (Phi) is 6.00. The molecule has 7 heteroatoms. The van der Waals surface area contributed by atoms with Gasteiger partial charge in [0.15, 0.2) is 0 Å². The Morgan fingerprint density at radius 2 is 1.92 bits per heavy atom. The highest BCUT2D eigenvalue weighted by molar-refractivity contribution is 7.16. The van der Waals surface area contributed by atoms with Gasteiger partial charge >= 0.3 is 5.97 Å². The van der Waals surface area contributed by atoms with Crippen molar-refractivity contribution in [2.75, 3.05) is 11.9 Å². The average molecular weight is 363 g/mol. The molecule has 0 saturated carbocycles. The molecule has 0 unspecified atom stereocenters. The standard InChI is InChI=1S/C18H25N3O3S/c1-7-24-18(23)16-10(2)13(5)25-17(16)19-15(22)9-8-14-11(3)20-21(6)12(14)4/h7-9H2,1-6H3,(H,19,22). The quantitative estimate of drug-likeness (QED) is 0.798. The summed E-state index contributed by atoms with van der Waals surface area (Å²) in [5, 5.41) is 7.82. The first-order valence-corrected chi connectivity index (χ1v) is 9.13. The van der Waals surface area contributed by atoms with Gasteiger partial charge in [-0.05, 0) is 52.2 Å². The van der Waals surface area contributed by atoms with E-state index in [1.165, 1.54) is 11.3 Å². The number of aromatic nitrogens is 2. The Bertz CT molecular complexity index is 805. The number of carbonyl (C=O) groups is 2. The van der Waals surface area contributed by atoms with Crippen molar-refractivity contribution in [1.82, 2.24) is 9.78 Å². The van der Waals surface area contributed by atoms with Gasteiger partial charge in [-0.25, -0.2) is 4.79 Å². The van der Waals surface area contributed by atoms with Crippen LogP contribution >= 0.6 is 11.3 Å². The number of amides is 1. The predicted molar refractivity (Wildman–Crippen MR) is 99.4 cm³/mol. The number of esters is 1. The molecule has 2 aromatic rings. The summed E-state index contributed by atoms with van der Waals surface area (Å²) >= 11 is 1.41. The maximum Gasteiger partial charge on any atom is 0.341 e. The minimum Gasteiger partial charge on any atom is -0.462 e. The zero-order valence-corrected chi connectivity index (χ0v) is 16.5. The highest BCUT2D eigenvalue weighted by Crippen LogP contribution is 2.33. The Morgan fingerprint density at radius 1 is 1.24 bits per heavy atom. The minimum absolute atomic E-state index is 0.116. The molecule has 2 rings (SSSR count). The van der Waals surface area contributed by atoms with E-state index in [0.717, 1.165) is 27.4 Å². The van der Waals surface area contributed by atoms with Gasteiger partial charge in [-0.3, -0.25) is 9.48 Å². The van der Waals surface area contributed by atoms with Crippen molar-refractivity contribution in [2.24, 2.45) is 7.05 Å². The Hall–Kier alpha value is -2.15. The summed E-state index contributed by atoms with van der Waals surface area (Å²) in [6, 6.07) is 0. The fourth-order valence-electron chi connectivity index (χ4n) is 2.77. The molecule has 0 bridgehead atoms. The Balaban J connectivity index is 2.10. The highest BCUT2D eigenvalue weighted by atomic mass is 32.1. The Labute approximate surface area is 152 Å². The normalized spacial score (nSPS) is 10.8. The van der Waals surface area contributed by atoms with E-state index in [4.69, 9.17) is 4.74 Å². The number of carbonyl (C=O) groups excluding carboxylic acids is 2. The van der Waals surface area contributed by atoms with Gasteiger partial charge in [0.05, 0.1) is 17.9 Å². The van der Waals surface area contributed by atoms with Crippen molar-refractivity contribution >= 4 is 28.2 Å². The lowest BCUT2D eigenvalue weighted by Gasteiger charge is -2.07. The molecular formula is C18H25N3O3S. The molecule has 2 heterocycles. The number of nitrogens with one attached hydrogen (secondary N) is 1. The molecule has 1 amide bonds. The van der Waals surface area contributed by atoms with E-state index < -0.39 is 5.97 Å². The van der Waals surface area contributed by atoms with Crippen LogP contribution in [-0.2, 0) is 23.0 Å². The fourth-order valence-corrected chi connectivity index (χ4v) is 3.84. The van der Waals surface area contributed by atoms with Crippen LogP contribution in [0.1, 0.15) is 51.1 Å². The van der Waals surface area contributed by atoms with E-state index in [1.54, 1.807) is 6.92 Å². The van der Waals surface area contributed by atoms with E-state index in [9.17, 15) is 9.59 Å². The molecule has 6 nitrogen and oxygen atoms in total. The molecule has 25 heavy (non-hydrogen) atoms. The molecule has 2 aromatic heterocycles. The number of thiophene rings is 1. The summed E-state index contributed by atoms with van der Waals surface area (Å²) in [7, 11) is 1.90. The molecule has 1 N–H and O–H groups in total. The van der Waals surface area contributed by atoms with E-state index in [2.05, 4.69) is 10.4 Å². The van der Waals surface area contributed by atoms with Gasteiger partial charge < -0.3 is 10.1 Å². The van der Waals surface area contributed by atoms with Crippen molar-refractivity contribution in [1.29, 1.82) is 0 Å². The van der Waals surface area contributed by atoms with Crippen molar-refractivity contribution in [3.63, 3.8) is 0 Å². The number of nitrogens with zero attached hydrogens (tertiary/aromatic N) is 2. The second kappa shape index (κ2) is 7.82. The van der Waals surface area contributed by atoms with Crippen LogP contribution in [0.3, 0.4) is 0 Å². The molecule has 0 aliphatic heterocycles. The van der Waals surface area contributed by atoms with Gasteiger partial charge in [-0.2, -0.15) is 5.10 Å². The van der Waals surface area contributed by atoms with E-state index >= 15 is 0 Å². The van der Waals surface area contributed by atoms with Gasteiger partial charge in [0, 0.05) is 24.0 Å². The monoisotopic (exact) mass is 363 g/mol. The smallest absolute Gasteiger partial charge is 0.341 e. The summed E-state index contributed by atoms with van der Waals surface area (Å²) < 4.78 is 6.94. The third kappa shape index (κ3) is 4.10. The molecule has 0 saturated heterocycles. The molecule has 0 atom stereocenters. The van der Waals surface area contributed by atoms with Crippen molar-refractivity contribution < 1.29 is 14.3 Å². The van der Waals surface area contributed by atoms with Crippen LogP contribution in [0.4, 0.5) is 5.00 Å². The van der Waals surface area contributed by atoms with E-state index in [0.29, 0.717) is 30.0 Å². The van der Waals surface area contributed by atoms with Gasteiger partial charge in [-0.15, -0.1) is 11.3 Å². The van der Waals surface area contributed by atoms with Crippen LogP contribution in [0.25, 0.3) is 0 Å². The lowest BCUT2D eigenvalue weighted by atomic mass is 10.1. The first-order valence-electron chi connectivity index (χ1n) is 8.32. The second-order valence-corrected chi connectivity index (χ2v) is 7.25. The number of aryl methyl sites for hydroxylation is 3. The summed E-state index contributed by atoms with van der Waals surface area (Å²) in [5.41, 5.74) is 4.44. The summed E-state index contributed by atoms with van der Waals surface area (Å²) in [6.07, 6.45) is 0.959.